The Bertz CT molecular complexity index is 1880. The van der Waals surface area contributed by atoms with Crippen LogP contribution in [0, 0.1) is 5.92 Å². The van der Waals surface area contributed by atoms with Gasteiger partial charge in [0, 0.05) is 34.6 Å². The van der Waals surface area contributed by atoms with Crippen LogP contribution in [0.1, 0.15) is 58.2 Å². The fourth-order valence-corrected chi connectivity index (χ4v) is 6.41. The number of aromatic nitrogens is 1. The van der Waals surface area contributed by atoms with E-state index in [0.717, 1.165) is 33.3 Å². The predicted octanol–water partition coefficient (Wildman–Crippen LogP) is 6.28. The molecule has 2 atom stereocenters. The molecule has 8 nitrogen and oxygen atoms in total. The van der Waals surface area contributed by atoms with Crippen molar-refractivity contribution < 1.29 is 19.1 Å². The third kappa shape index (κ3) is 5.44. The molecule has 6 rings (SSSR count). The molecule has 0 aliphatic carbocycles. The zero-order valence-electron chi connectivity index (χ0n) is 25.8. The Balaban J connectivity index is 1.45. The van der Waals surface area contributed by atoms with E-state index < -0.39 is 23.9 Å². The standard InChI is InChI=1S/C37H36N4O4/c1-23(2)22-31(36(43)39-38-35(42)25-18-20-26(45-4)21-19-25)41-34(27-14-8-9-15-28(27)37(41)44)32-29-16-10-11-17-30(29)40(3)33(32)24-12-6-5-7-13-24/h5-21,23,31,34H,22H2,1-4H3,(H,38,42)(H,39,43). The van der Waals surface area contributed by atoms with Crippen LogP contribution in [0.2, 0.25) is 0 Å². The number of aryl methyl sites for hydroxylation is 1. The van der Waals surface area contributed by atoms with Gasteiger partial charge in [0.2, 0.25) is 0 Å². The number of fused-ring (bicyclic) bond motifs is 2. The monoisotopic (exact) mass is 600 g/mol. The highest BCUT2D eigenvalue weighted by Gasteiger charge is 2.46. The minimum atomic E-state index is -0.867. The third-order valence-corrected chi connectivity index (χ3v) is 8.45. The van der Waals surface area contributed by atoms with E-state index in [4.69, 9.17) is 4.74 Å². The number of carbonyl (C=O) groups is 3. The first-order valence-corrected chi connectivity index (χ1v) is 15.1. The van der Waals surface area contributed by atoms with Crippen molar-refractivity contribution in [3.05, 3.63) is 125 Å². The highest BCUT2D eigenvalue weighted by atomic mass is 16.5. The van der Waals surface area contributed by atoms with Gasteiger partial charge in [-0.15, -0.1) is 0 Å². The van der Waals surface area contributed by atoms with E-state index in [-0.39, 0.29) is 11.8 Å². The van der Waals surface area contributed by atoms with Crippen LogP contribution in [0.4, 0.5) is 0 Å². The molecule has 0 fully saturated rings. The van der Waals surface area contributed by atoms with Crippen molar-refractivity contribution in [2.45, 2.75) is 32.4 Å². The molecule has 1 aliphatic heterocycles. The molecule has 2 heterocycles. The minimum Gasteiger partial charge on any atom is -0.497 e. The molecule has 0 spiro atoms. The molecule has 1 aromatic heterocycles. The van der Waals surface area contributed by atoms with Gasteiger partial charge in [-0.25, -0.2) is 0 Å². The number of hydrogen-bond acceptors (Lipinski definition) is 4. The van der Waals surface area contributed by atoms with E-state index in [1.54, 1.807) is 36.3 Å². The van der Waals surface area contributed by atoms with E-state index in [9.17, 15) is 14.4 Å². The van der Waals surface area contributed by atoms with Gasteiger partial charge in [0.15, 0.2) is 0 Å². The lowest BCUT2D eigenvalue weighted by atomic mass is 9.91. The third-order valence-electron chi connectivity index (χ3n) is 8.45. The maximum atomic E-state index is 14.4. The van der Waals surface area contributed by atoms with Crippen LogP contribution in [0.5, 0.6) is 5.75 Å². The number of amides is 3. The van der Waals surface area contributed by atoms with Crippen LogP contribution in [0.15, 0.2) is 103 Å². The summed E-state index contributed by atoms with van der Waals surface area (Å²) in [5, 5.41) is 1.01. The lowest BCUT2D eigenvalue weighted by Crippen LogP contribution is -2.53. The number of ether oxygens (including phenoxy) is 1. The second-order valence-electron chi connectivity index (χ2n) is 11.7. The van der Waals surface area contributed by atoms with Gasteiger partial charge in [0.1, 0.15) is 11.8 Å². The number of hydrazine groups is 1. The molecule has 4 aromatic carbocycles. The van der Waals surface area contributed by atoms with E-state index >= 15 is 0 Å². The molecular weight excluding hydrogens is 564 g/mol. The van der Waals surface area contributed by atoms with Crippen molar-refractivity contribution in [2.24, 2.45) is 13.0 Å². The zero-order chi connectivity index (χ0) is 31.7. The maximum Gasteiger partial charge on any atom is 0.269 e. The summed E-state index contributed by atoms with van der Waals surface area (Å²) in [7, 11) is 3.59. The molecule has 5 aromatic rings. The van der Waals surface area contributed by atoms with Gasteiger partial charge in [-0.1, -0.05) is 80.6 Å². The number of hydrogen-bond donors (Lipinski definition) is 2. The number of methoxy groups -OCH3 is 1. The SMILES string of the molecule is COc1ccc(C(=O)NNC(=O)C(CC(C)C)N2C(=O)c3ccccc3C2c2c(-c3ccccc3)n(C)c3ccccc23)cc1. The summed E-state index contributed by atoms with van der Waals surface area (Å²) in [5.41, 5.74) is 10.9. The second-order valence-corrected chi connectivity index (χ2v) is 11.7. The van der Waals surface area contributed by atoms with Gasteiger partial charge in [-0.2, -0.15) is 0 Å². The normalized spacial score (nSPS) is 14.8. The van der Waals surface area contributed by atoms with Crippen molar-refractivity contribution >= 4 is 28.6 Å². The molecule has 0 radical (unpaired) electrons. The Morgan fingerprint density at radius 2 is 1.51 bits per heavy atom. The van der Waals surface area contributed by atoms with Gasteiger partial charge in [-0.3, -0.25) is 25.2 Å². The van der Waals surface area contributed by atoms with Gasteiger partial charge in [0.25, 0.3) is 17.7 Å². The summed E-state index contributed by atoms with van der Waals surface area (Å²) in [6, 6.07) is 31.1. The molecule has 2 N–H and O–H groups in total. The van der Waals surface area contributed by atoms with Crippen LogP contribution in [-0.4, -0.2) is 40.3 Å². The Kier molecular flexibility index (Phi) is 8.13. The molecular formula is C37H36N4O4. The summed E-state index contributed by atoms with van der Waals surface area (Å²) in [5.74, 6) is -0.448. The van der Waals surface area contributed by atoms with Crippen molar-refractivity contribution in [1.82, 2.24) is 20.3 Å². The fraction of sp³-hybridized carbons (Fsp3) is 0.216. The Morgan fingerprint density at radius 1 is 0.844 bits per heavy atom. The Morgan fingerprint density at radius 3 is 2.22 bits per heavy atom. The quantitative estimate of drug-likeness (QED) is 0.205. The summed E-state index contributed by atoms with van der Waals surface area (Å²) >= 11 is 0. The number of carbonyl (C=O) groups excluding carboxylic acids is 3. The summed E-state index contributed by atoms with van der Waals surface area (Å²) in [6.45, 7) is 4.04. The average Bonchev–Trinajstić information content (AvgIpc) is 3.52. The van der Waals surface area contributed by atoms with E-state index in [0.29, 0.717) is 23.3 Å². The first-order chi connectivity index (χ1) is 21.8. The van der Waals surface area contributed by atoms with Gasteiger partial charge in [0.05, 0.1) is 18.8 Å². The molecule has 8 heteroatoms. The van der Waals surface area contributed by atoms with Crippen molar-refractivity contribution in [3.8, 4) is 17.0 Å². The molecule has 0 saturated heterocycles. The maximum absolute atomic E-state index is 14.4. The second kappa shape index (κ2) is 12.3. The van der Waals surface area contributed by atoms with Crippen LogP contribution in [0.25, 0.3) is 22.2 Å². The van der Waals surface area contributed by atoms with Crippen LogP contribution in [0.3, 0.4) is 0 Å². The fourth-order valence-electron chi connectivity index (χ4n) is 6.41. The number of para-hydroxylation sites is 1. The summed E-state index contributed by atoms with van der Waals surface area (Å²) < 4.78 is 7.34. The van der Waals surface area contributed by atoms with Crippen molar-refractivity contribution in [3.63, 3.8) is 0 Å². The first-order valence-electron chi connectivity index (χ1n) is 15.1. The predicted molar refractivity (Wildman–Crippen MR) is 175 cm³/mol. The minimum absolute atomic E-state index is 0.0799. The van der Waals surface area contributed by atoms with Crippen LogP contribution < -0.4 is 15.6 Å². The van der Waals surface area contributed by atoms with Crippen molar-refractivity contribution in [1.29, 1.82) is 0 Å². The number of rotatable bonds is 8. The highest BCUT2D eigenvalue weighted by molar-refractivity contribution is 6.05. The molecule has 0 saturated carbocycles. The first kappa shape index (κ1) is 29.7. The molecule has 228 valence electrons. The Hall–Kier alpha value is -5.37. The van der Waals surface area contributed by atoms with Gasteiger partial charge in [-0.05, 0) is 59.9 Å². The van der Waals surface area contributed by atoms with Crippen molar-refractivity contribution in [2.75, 3.05) is 7.11 Å². The number of benzene rings is 4. The van der Waals surface area contributed by atoms with E-state index in [1.807, 2.05) is 75.5 Å². The smallest absolute Gasteiger partial charge is 0.269 e. The summed E-state index contributed by atoms with van der Waals surface area (Å²) in [4.78, 5) is 43.1. The van der Waals surface area contributed by atoms with E-state index in [2.05, 4.69) is 39.7 Å². The molecule has 45 heavy (non-hydrogen) atoms. The lowest BCUT2D eigenvalue weighted by molar-refractivity contribution is -0.127. The Labute approximate surface area is 262 Å². The number of nitrogens with zero attached hydrogens (tertiary/aromatic N) is 2. The van der Waals surface area contributed by atoms with Gasteiger partial charge < -0.3 is 14.2 Å². The molecule has 3 amide bonds. The highest BCUT2D eigenvalue weighted by Crippen LogP contribution is 2.47. The number of nitrogens with one attached hydrogen (secondary N) is 2. The molecule has 1 aliphatic rings. The van der Waals surface area contributed by atoms with Crippen LogP contribution in [-0.2, 0) is 11.8 Å². The average molecular weight is 601 g/mol. The largest absolute Gasteiger partial charge is 0.497 e. The molecule has 2 unspecified atom stereocenters. The van der Waals surface area contributed by atoms with Gasteiger partial charge >= 0.3 is 0 Å². The lowest BCUT2D eigenvalue weighted by Gasteiger charge is -2.34. The van der Waals surface area contributed by atoms with Crippen LogP contribution >= 0.6 is 0 Å². The zero-order valence-corrected chi connectivity index (χ0v) is 25.8. The topological polar surface area (TPSA) is 92.7 Å². The summed E-state index contributed by atoms with van der Waals surface area (Å²) in [6.07, 6.45) is 0.395. The molecule has 0 bridgehead atoms. The van der Waals surface area contributed by atoms with E-state index in [1.165, 1.54) is 0 Å².